The first-order valence-corrected chi connectivity index (χ1v) is 9.79. The number of rotatable bonds is 4. The number of hydrogen-bond acceptors (Lipinski definition) is 3. The molecule has 22 heavy (non-hydrogen) atoms. The molecule has 2 atom stereocenters. The average Bonchev–Trinajstić information content (AvgIpc) is 2.92. The maximum absolute atomic E-state index is 12.8. The maximum Gasteiger partial charge on any atom is 0.214 e. The van der Waals surface area contributed by atoms with Gasteiger partial charge >= 0.3 is 0 Å². The lowest BCUT2D eigenvalue weighted by Crippen LogP contribution is -2.38. The van der Waals surface area contributed by atoms with Gasteiger partial charge in [-0.15, -0.1) is 0 Å². The van der Waals surface area contributed by atoms with Crippen LogP contribution in [-0.2, 0) is 14.8 Å². The van der Waals surface area contributed by atoms with Crippen molar-refractivity contribution < 1.29 is 13.2 Å². The molecule has 2 saturated heterocycles. The van der Waals surface area contributed by atoms with Crippen molar-refractivity contribution in [3.05, 3.63) is 35.9 Å². The molecule has 122 valence electrons. The second kappa shape index (κ2) is 6.69. The van der Waals surface area contributed by atoms with Crippen LogP contribution in [-0.4, -0.2) is 44.3 Å². The second-order valence-corrected chi connectivity index (χ2v) is 8.56. The zero-order valence-electron chi connectivity index (χ0n) is 13.1. The lowest BCUT2D eigenvalue weighted by Gasteiger charge is -2.26. The van der Waals surface area contributed by atoms with E-state index in [4.69, 9.17) is 4.74 Å². The minimum Gasteiger partial charge on any atom is -0.381 e. The molecule has 2 heterocycles. The van der Waals surface area contributed by atoms with Crippen molar-refractivity contribution in [1.82, 2.24) is 4.31 Å². The van der Waals surface area contributed by atoms with Gasteiger partial charge in [-0.25, -0.2) is 8.42 Å². The highest BCUT2D eigenvalue weighted by Gasteiger charge is 2.38. The van der Waals surface area contributed by atoms with Crippen LogP contribution in [0.1, 0.15) is 37.7 Å². The van der Waals surface area contributed by atoms with Gasteiger partial charge in [0, 0.05) is 25.8 Å². The number of hydrogen-bond donors (Lipinski definition) is 0. The summed E-state index contributed by atoms with van der Waals surface area (Å²) in [7, 11) is -3.17. The van der Waals surface area contributed by atoms with Crippen LogP contribution in [0.3, 0.4) is 0 Å². The summed E-state index contributed by atoms with van der Waals surface area (Å²) in [5.41, 5.74) is 1.25. The fourth-order valence-electron chi connectivity index (χ4n) is 3.66. The summed E-state index contributed by atoms with van der Waals surface area (Å²) in [6, 6.07) is 10.4. The molecule has 0 N–H and O–H groups in total. The molecule has 3 rings (SSSR count). The molecule has 0 unspecified atom stereocenters. The fourth-order valence-corrected chi connectivity index (χ4v) is 5.82. The summed E-state index contributed by atoms with van der Waals surface area (Å²) in [6.07, 6.45) is 2.64. The molecule has 0 amide bonds. The van der Waals surface area contributed by atoms with E-state index < -0.39 is 10.0 Å². The van der Waals surface area contributed by atoms with Gasteiger partial charge in [0.2, 0.25) is 10.0 Å². The van der Waals surface area contributed by atoms with Crippen molar-refractivity contribution in [1.29, 1.82) is 0 Å². The standard InChI is InChI=1S/C17H25NO3S/c1-14-11-17(16-5-3-2-4-6-16)12-18(14)22(19,20)13-15-7-9-21-10-8-15/h2-6,14-15,17H,7-13H2,1H3/t14-,17+/m0/s1. The van der Waals surface area contributed by atoms with Crippen molar-refractivity contribution in [3.8, 4) is 0 Å². The molecule has 1 aromatic rings. The predicted octanol–water partition coefficient (Wildman–Crippen LogP) is 2.62. The highest BCUT2D eigenvalue weighted by Crippen LogP contribution is 2.34. The lowest BCUT2D eigenvalue weighted by molar-refractivity contribution is 0.0720. The van der Waals surface area contributed by atoms with Crippen LogP contribution in [0.2, 0.25) is 0 Å². The van der Waals surface area contributed by atoms with E-state index in [-0.39, 0.29) is 17.7 Å². The number of sulfonamides is 1. The molecule has 2 fully saturated rings. The molecule has 0 radical (unpaired) electrons. The highest BCUT2D eigenvalue weighted by atomic mass is 32.2. The SMILES string of the molecule is C[C@H]1C[C@@H](c2ccccc2)CN1S(=O)(=O)CC1CCOCC1. The average molecular weight is 323 g/mol. The smallest absolute Gasteiger partial charge is 0.214 e. The van der Waals surface area contributed by atoms with Gasteiger partial charge in [0.05, 0.1) is 5.75 Å². The van der Waals surface area contributed by atoms with Gasteiger partial charge in [-0.1, -0.05) is 30.3 Å². The Balaban J connectivity index is 1.68. The van der Waals surface area contributed by atoms with Crippen LogP contribution in [0, 0.1) is 5.92 Å². The third-order valence-corrected chi connectivity index (χ3v) is 7.05. The Morgan fingerprint density at radius 1 is 1.18 bits per heavy atom. The lowest BCUT2D eigenvalue weighted by atomic mass is 9.97. The van der Waals surface area contributed by atoms with E-state index in [2.05, 4.69) is 12.1 Å². The van der Waals surface area contributed by atoms with E-state index >= 15 is 0 Å². The van der Waals surface area contributed by atoms with Crippen molar-refractivity contribution in [3.63, 3.8) is 0 Å². The summed E-state index contributed by atoms with van der Waals surface area (Å²) in [6.45, 7) is 4.05. The number of benzene rings is 1. The zero-order valence-corrected chi connectivity index (χ0v) is 14.0. The van der Waals surface area contributed by atoms with E-state index in [0.29, 0.717) is 25.7 Å². The molecule has 2 aliphatic heterocycles. The van der Waals surface area contributed by atoms with E-state index in [1.54, 1.807) is 4.31 Å². The van der Waals surface area contributed by atoms with Gasteiger partial charge in [0.15, 0.2) is 0 Å². The first-order chi connectivity index (χ1) is 10.6. The van der Waals surface area contributed by atoms with Crippen LogP contribution in [0.25, 0.3) is 0 Å². The fraction of sp³-hybridized carbons (Fsp3) is 0.647. The summed E-state index contributed by atoms with van der Waals surface area (Å²) >= 11 is 0. The minimum absolute atomic E-state index is 0.0926. The normalized spacial score (nSPS) is 28.0. The molecule has 5 heteroatoms. The molecule has 1 aromatic carbocycles. The topological polar surface area (TPSA) is 46.6 Å². The highest BCUT2D eigenvalue weighted by molar-refractivity contribution is 7.89. The van der Waals surface area contributed by atoms with E-state index in [0.717, 1.165) is 19.3 Å². The van der Waals surface area contributed by atoms with Crippen LogP contribution in [0.4, 0.5) is 0 Å². The van der Waals surface area contributed by atoms with Crippen molar-refractivity contribution in [2.75, 3.05) is 25.5 Å². The third kappa shape index (κ3) is 3.53. The van der Waals surface area contributed by atoms with Crippen molar-refractivity contribution in [2.45, 2.75) is 38.1 Å². The quantitative estimate of drug-likeness (QED) is 0.856. The molecule has 0 aliphatic carbocycles. The molecule has 0 saturated carbocycles. The van der Waals surface area contributed by atoms with Gasteiger partial charge in [0.1, 0.15) is 0 Å². The summed E-state index contributed by atoms with van der Waals surface area (Å²) in [4.78, 5) is 0. The van der Waals surface area contributed by atoms with Crippen LogP contribution >= 0.6 is 0 Å². The predicted molar refractivity (Wildman–Crippen MR) is 87.3 cm³/mol. The number of nitrogens with zero attached hydrogens (tertiary/aromatic N) is 1. The Morgan fingerprint density at radius 2 is 1.86 bits per heavy atom. The van der Waals surface area contributed by atoms with Gasteiger partial charge in [-0.2, -0.15) is 4.31 Å². The van der Waals surface area contributed by atoms with Crippen molar-refractivity contribution >= 4 is 10.0 Å². The first-order valence-electron chi connectivity index (χ1n) is 8.18. The van der Waals surface area contributed by atoms with Crippen LogP contribution in [0.5, 0.6) is 0 Å². The summed E-state index contributed by atoms with van der Waals surface area (Å²) in [5.74, 6) is 0.852. The van der Waals surface area contributed by atoms with Crippen molar-refractivity contribution in [2.24, 2.45) is 5.92 Å². The van der Waals surface area contributed by atoms with E-state index in [9.17, 15) is 8.42 Å². The maximum atomic E-state index is 12.8. The van der Waals surface area contributed by atoms with Crippen LogP contribution < -0.4 is 0 Å². The monoisotopic (exact) mass is 323 g/mol. The largest absolute Gasteiger partial charge is 0.381 e. The molecular formula is C17H25NO3S. The molecule has 0 spiro atoms. The Kier molecular flexibility index (Phi) is 4.85. The first kappa shape index (κ1) is 16.0. The number of ether oxygens (including phenoxy) is 1. The summed E-state index contributed by atoms with van der Waals surface area (Å²) < 4.78 is 32.6. The zero-order chi connectivity index (χ0) is 15.6. The van der Waals surface area contributed by atoms with Gasteiger partial charge in [-0.3, -0.25) is 0 Å². The third-order valence-electron chi connectivity index (χ3n) is 4.93. The van der Waals surface area contributed by atoms with Crippen LogP contribution in [0.15, 0.2) is 30.3 Å². The Morgan fingerprint density at radius 3 is 2.55 bits per heavy atom. The molecular weight excluding hydrogens is 298 g/mol. The van der Waals surface area contributed by atoms with E-state index in [1.165, 1.54) is 5.56 Å². The van der Waals surface area contributed by atoms with Gasteiger partial charge in [0.25, 0.3) is 0 Å². The Hall–Kier alpha value is -0.910. The molecule has 0 bridgehead atoms. The van der Waals surface area contributed by atoms with Gasteiger partial charge in [-0.05, 0) is 43.6 Å². The molecule has 0 aromatic heterocycles. The van der Waals surface area contributed by atoms with Gasteiger partial charge < -0.3 is 4.74 Å². The minimum atomic E-state index is -3.17. The Labute approximate surface area is 133 Å². The van der Waals surface area contributed by atoms with E-state index in [1.807, 2.05) is 25.1 Å². The Bertz CT molecular complexity index is 581. The molecule has 2 aliphatic rings. The summed E-state index contributed by atoms with van der Waals surface area (Å²) in [5, 5.41) is 0. The second-order valence-electron chi connectivity index (χ2n) is 6.60. The molecule has 4 nitrogen and oxygen atoms in total.